The number of unbranched alkanes of at least 4 members (excludes halogenated alkanes) is 47. The van der Waals surface area contributed by atoms with Gasteiger partial charge in [0, 0.05) is 12.8 Å². The molecule has 0 aliphatic heterocycles. The summed E-state index contributed by atoms with van der Waals surface area (Å²) in [6.07, 6.45) is 74.5. The van der Waals surface area contributed by atoms with Crippen LogP contribution in [-0.2, 0) is 33.3 Å². The lowest BCUT2D eigenvalue weighted by Gasteiger charge is -2.25. The first-order valence-electron chi connectivity index (χ1n) is 35.0. The highest BCUT2D eigenvalue weighted by Gasteiger charge is 2.25. The van der Waals surface area contributed by atoms with E-state index in [-0.39, 0.29) is 38.2 Å². The quantitative estimate of drug-likeness (QED) is 0.0211. The molecule has 1 N–H and O–H groups in total. The van der Waals surface area contributed by atoms with Gasteiger partial charge in [0.15, 0.2) is 6.10 Å². The minimum atomic E-state index is -1.51. The summed E-state index contributed by atoms with van der Waals surface area (Å²) in [7, 11) is 5.99. The first-order valence-corrected chi connectivity index (χ1v) is 35.0. The van der Waals surface area contributed by atoms with Gasteiger partial charge in [-0.25, -0.2) is 4.79 Å². The summed E-state index contributed by atoms with van der Waals surface area (Å²) in [6, 6.07) is 0. The Morgan fingerprint density at radius 2 is 0.675 bits per heavy atom. The molecule has 0 saturated carbocycles. The number of nitrogens with zero attached hydrogens (tertiary/aromatic N) is 1. The van der Waals surface area contributed by atoms with Gasteiger partial charge in [-0.05, 0) is 44.9 Å². The number of allylic oxidation sites excluding steroid dienone is 4. The lowest BCUT2D eigenvalue weighted by atomic mass is 10.0. The van der Waals surface area contributed by atoms with E-state index in [1.165, 1.54) is 283 Å². The van der Waals surface area contributed by atoms with Gasteiger partial charge in [-0.2, -0.15) is 0 Å². The average molecular weight is 1130 g/mol. The van der Waals surface area contributed by atoms with Gasteiger partial charge in [0.25, 0.3) is 6.29 Å². The number of ether oxygens (including phenoxy) is 4. The highest BCUT2D eigenvalue weighted by Crippen LogP contribution is 2.19. The van der Waals surface area contributed by atoms with Crippen molar-refractivity contribution in [1.29, 1.82) is 0 Å². The number of esters is 2. The van der Waals surface area contributed by atoms with E-state index in [1.807, 2.05) is 21.1 Å². The molecular weight excluding hydrogens is 995 g/mol. The predicted molar refractivity (Wildman–Crippen MR) is 341 cm³/mol. The van der Waals surface area contributed by atoms with Crippen LogP contribution >= 0.6 is 0 Å². The summed E-state index contributed by atoms with van der Waals surface area (Å²) in [6.45, 7) is 4.94. The Kier molecular flexibility index (Phi) is 61.1. The zero-order valence-corrected chi connectivity index (χ0v) is 54.0. The molecule has 0 bridgehead atoms. The third-order valence-electron chi connectivity index (χ3n) is 16.0. The largest absolute Gasteiger partial charge is 0.477 e. The Morgan fingerprint density at radius 1 is 0.375 bits per heavy atom. The third kappa shape index (κ3) is 63.4. The summed E-state index contributed by atoms with van der Waals surface area (Å²) >= 11 is 0. The van der Waals surface area contributed by atoms with E-state index in [4.69, 9.17) is 18.9 Å². The monoisotopic (exact) mass is 1130 g/mol. The van der Waals surface area contributed by atoms with Gasteiger partial charge in [0.2, 0.25) is 0 Å². The molecule has 0 aromatic heterocycles. The topological polar surface area (TPSA) is 108 Å². The van der Waals surface area contributed by atoms with E-state index < -0.39 is 18.4 Å². The lowest BCUT2D eigenvalue weighted by molar-refractivity contribution is -0.870. The number of carboxylic acids is 1. The number of carbonyl (C=O) groups is 3. The molecule has 0 radical (unpaired) electrons. The van der Waals surface area contributed by atoms with Gasteiger partial charge in [-0.3, -0.25) is 9.59 Å². The van der Waals surface area contributed by atoms with Crippen molar-refractivity contribution in [2.45, 2.75) is 367 Å². The number of carboxylic acid groups (broad SMARTS) is 1. The lowest BCUT2D eigenvalue weighted by Crippen LogP contribution is -2.40. The molecule has 2 unspecified atom stereocenters. The van der Waals surface area contributed by atoms with E-state index in [1.54, 1.807) is 0 Å². The number of hydrogen-bond acceptors (Lipinski definition) is 7. The van der Waals surface area contributed by atoms with E-state index in [0.29, 0.717) is 17.4 Å². The number of likely N-dealkylation sites (N-methyl/N-ethyl adjacent to an activating group) is 1. The Bertz CT molecular complexity index is 1360. The van der Waals surface area contributed by atoms with Crippen LogP contribution in [0.5, 0.6) is 0 Å². The van der Waals surface area contributed by atoms with Crippen molar-refractivity contribution in [2.24, 2.45) is 0 Å². The molecule has 0 aromatic carbocycles. The fourth-order valence-corrected chi connectivity index (χ4v) is 10.6. The fourth-order valence-electron chi connectivity index (χ4n) is 10.6. The summed E-state index contributed by atoms with van der Waals surface area (Å²) < 4.78 is 23.0. The number of rotatable bonds is 66. The molecule has 0 spiro atoms. The van der Waals surface area contributed by atoms with Crippen molar-refractivity contribution in [3.63, 3.8) is 0 Å². The van der Waals surface area contributed by atoms with Crippen LogP contribution in [0.1, 0.15) is 354 Å². The fraction of sp³-hybridized carbons (Fsp3) is 0.901. The van der Waals surface area contributed by atoms with Crippen LogP contribution in [0.3, 0.4) is 0 Å². The second kappa shape index (κ2) is 62.8. The van der Waals surface area contributed by atoms with Gasteiger partial charge in [0.05, 0.1) is 34.4 Å². The number of aliphatic carboxylic acids is 1. The standard InChI is InChI=1S/C71H135NO8/c1-6-8-10-12-14-16-18-20-22-24-26-27-28-29-30-31-32-33-34-35-36-37-38-39-40-41-42-43-44-46-48-50-52-54-56-58-60-62-69(74)80-67(66-79-71(70(75)76)77-64-63-72(3,4)5)65-78-68(73)61-59-57-55-53-51-49-47-45-25-23-21-19-17-15-13-11-9-7-2/h18,20,24,26,67,71H,6-17,19,21-23,25,27-66H2,1-5H3/p+1/b20-18-,26-24-. The molecular formula is C71H136NO8+. The molecule has 0 fully saturated rings. The van der Waals surface area contributed by atoms with Crippen LogP contribution in [0.4, 0.5) is 0 Å². The van der Waals surface area contributed by atoms with Crippen LogP contribution in [0.2, 0.25) is 0 Å². The molecule has 80 heavy (non-hydrogen) atoms. The molecule has 0 aliphatic carbocycles. The molecule has 472 valence electrons. The maximum atomic E-state index is 12.9. The van der Waals surface area contributed by atoms with E-state index in [0.717, 1.165) is 44.9 Å². The maximum Gasteiger partial charge on any atom is 0.361 e. The minimum absolute atomic E-state index is 0.174. The van der Waals surface area contributed by atoms with Gasteiger partial charge in [-0.15, -0.1) is 0 Å². The molecule has 0 saturated heterocycles. The van der Waals surface area contributed by atoms with Gasteiger partial charge >= 0.3 is 17.9 Å². The van der Waals surface area contributed by atoms with Gasteiger partial charge < -0.3 is 28.5 Å². The third-order valence-corrected chi connectivity index (χ3v) is 16.0. The smallest absolute Gasteiger partial charge is 0.361 e. The van der Waals surface area contributed by atoms with E-state index in [2.05, 4.69) is 38.2 Å². The Hall–Kier alpha value is -2.23. The first-order chi connectivity index (χ1) is 39.1. The summed E-state index contributed by atoms with van der Waals surface area (Å²) in [5.41, 5.74) is 0. The molecule has 0 aromatic rings. The molecule has 0 amide bonds. The van der Waals surface area contributed by atoms with Crippen molar-refractivity contribution in [3.05, 3.63) is 24.3 Å². The normalized spacial score (nSPS) is 12.8. The van der Waals surface area contributed by atoms with Crippen molar-refractivity contribution in [3.8, 4) is 0 Å². The second-order valence-electron chi connectivity index (χ2n) is 25.2. The highest BCUT2D eigenvalue weighted by molar-refractivity contribution is 5.71. The van der Waals surface area contributed by atoms with Gasteiger partial charge in [-0.1, -0.05) is 321 Å². The number of quaternary nitrogens is 1. The summed E-state index contributed by atoms with van der Waals surface area (Å²) in [5, 5.41) is 9.73. The minimum Gasteiger partial charge on any atom is -0.477 e. The average Bonchev–Trinajstić information content (AvgIpc) is 3.43. The molecule has 0 rings (SSSR count). The zero-order chi connectivity index (χ0) is 58.3. The predicted octanol–water partition coefficient (Wildman–Crippen LogP) is 21.4. The Balaban J connectivity index is 3.97. The number of hydrogen-bond donors (Lipinski definition) is 1. The molecule has 9 heteroatoms. The SMILES string of the molecule is CCCCCCC/C=C\C/C=C\CCCCCCCCCCCCCCCCCCCCCCCCCCCC(=O)OC(COC(=O)CCCCCCCCCCCCCCCCCCCC)COC(OCC[N+](C)(C)C)C(=O)O. The van der Waals surface area contributed by atoms with Crippen molar-refractivity contribution in [2.75, 3.05) is 47.5 Å². The van der Waals surface area contributed by atoms with Crippen molar-refractivity contribution >= 4 is 17.9 Å². The maximum absolute atomic E-state index is 12.9. The van der Waals surface area contributed by atoms with Crippen molar-refractivity contribution < 1.29 is 42.9 Å². The zero-order valence-electron chi connectivity index (χ0n) is 54.0. The van der Waals surface area contributed by atoms with Gasteiger partial charge in [0.1, 0.15) is 13.2 Å². The second-order valence-corrected chi connectivity index (χ2v) is 25.2. The van der Waals surface area contributed by atoms with Crippen LogP contribution in [0, 0.1) is 0 Å². The van der Waals surface area contributed by atoms with Crippen LogP contribution in [0.25, 0.3) is 0 Å². The molecule has 2 atom stereocenters. The van der Waals surface area contributed by atoms with Crippen LogP contribution < -0.4 is 0 Å². The van der Waals surface area contributed by atoms with Crippen molar-refractivity contribution in [1.82, 2.24) is 0 Å². The Labute approximate surface area is 497 Å². The summed E-state index contributed by atoms with van der Waals surface area (Å²) in [5.74, 6) is -1.97. The Morgan fingerprint density at radius 3 is 0.988 bits per heavy atom. The highest BCUT2D eigenvalue weighted by atomic mass is 16.7. The first kappa shape index (κ1) is 77.8. The molecule has 0 aliphatic rings. The summed E-state index contributed by atoms with van der Waals surface area (Å²) in [4.78, 5) is 37.5. The van der Waals surface area contributed by atoms with Crippen LogP contribution in [-0.4, -0.2) is 87.4 Å². The number of carbonyl (C=O) groups excluding carboxylic acids is 2. The molecule has 0 heterocycles. The van der Waals surface area contributed by atoms with Crippen LogP contribution in [0.15, 0.2) is 24.3 Å². The van der Waals surface area contributed by atoms with E-state index >= 15 is 0 Å². The van der Waals surface area contributed by atoms with E-state index in [9.17, 15) is 19.5 Å². The molecule has 9 nitrogen and oxygen atoms in total.